The Labute approximate surface area is 180 Å². The van der Waals surface area contributed by atoms with Crippen molar-refractivity contribution in [1.82, 2.24) is 15.0 Å². The van der Waals surface area contributed by atoms with Crippen LogP contribution in [-0.4, -0.2) is 20.9 Å². The van der Waals surface area contributed by atoms with Crippen LogP contribution in [0, 0.1) is 6.92 Å². The number of nitrogens with one attached hydrogen (secondary N) is 1. The van der Waals surface area contributed by atoms with E-state index in [1.54, 1.807) is 16.9 Å². The van der Waals surface area contributed by atoms with Crippen LogP contribution >= 0.6 is 11.6 Å². The van der Waals surface area contributed by atoms with Crippen molar-refractivity contribution in [1.29, 1.82) is 0 Å². The topological polar surface area (TPSA) is 59.8 Å². The predicted octanol–water partition coefficient (Wildman–Crippen LogP) is 5.98. The van der Waals surface area contributed by atoms with Crippen LogP contribution in [0.4, 0.5) is 5.69 Å². The standard InChI is InChI=1S/C24H23ClN4O/c1-3-4-5-17-7-11-20(12-8-17)29-27-22-13-10-19(15-23(22)28-29)26-24(30)18-9-6-16(2)21(25)14-18/h6-15H,3-5H2,1-2H3,(H,26,30). The number of hydrogen-bond acceptors (Lipinski definition) is 3. The second-order valence-corrected chi connectivity index (χ2v) is 7.79. The van der Waals surface area contributed by atoms with Gasteiger partial charge in [0, 0.05) is 16.3 Å². The quantitative estimate of drug-likeness (QED) is 0.419. The van der Waals surface area contributed by atoms with E-state index in [9.17, 15) is 4.79 Å². The minimum Gasteiger partial charge on any atom is -0.322 e. The number of aryl methyl sites for hydroxylation is 2. The van der Waals surface area contributed by atoms with Crippen LogP contribution in [0.5, 0.6) is 0 Å². The second-order valence-electron chi connectivity index (χ2n) is 7.38. The summed E-state index contributed by atoms with van der Waals surface area (Å²) in [5.41, 5.74) is 5.81. The summed E-state index contributed by atoms with van der Waals surface area (Å²) in [5, 5.41) is 12.6. The molecule has 0 spiro atoms. The van der Waals surface area contributed by atoms with Gasteiger partial charge >= 0.3 is 0 Å². The highest BCUT2D eigenvalue weighted by Crippen LogP contribution is 2.21. The van der Waals surface area contributed by atoms with Crippen LogP contribution in [0.3, 0.4) is 0 Å². The zero-order valence-electron chi connectivity index (χ0n) is 17.0. The third kappa shape index (κ3) is 4.36. The minimum atomic E-state index is -0.216. The maximum atomic E-state index is 12.5. The summed E-state index contributed by atoms with van der Waals surface area (Å²) in [5.74, 6) is -0.216. The van der Waals surface area contributed by atoms with E-state index in [0.717, 1.165) is 23.2 Å². The largest absolute Gasteiger partial charge is 0.322 e. The fraction of sp³-hybridized carbons (Fsp3) is 0.208. The Kier molecular flexibility index (Phi) is 5.81. The van der Waals surface area contributed by atoms with Crippen molar-refractivity contribution in [3.05, 3.63) is 82.4 Å². The maximum Gasteiger partial charge on any atom is 0.255 e. The van der Waals surface area contributed by atoms with E-state index in [-0.39, 0.29) is 5.91 Å². The van der Waals surface area contributed by atoms with Gasteiger partial charge in [-0.3, -0.25) is 4.79 Å². The molecule has 4 rings (SSSR count). The second kappa shape index (κ2) is 8.67. The first-order valence-corrected chi connectivity index (χ1v) is 10.4. The average molecular weight is 419 g/mol. The van der Waals surface area contributed by atoms with Crippen LogP contribution in [0.25, 0.3) is 16.7 Å². The molecule has 1 heterocycles. The lowest BCUT2D eigenvalue weighted by molar-refractivity contribution is 0.102. The molecular formula is C24H23ClN4O. The van der Waals surface area contributed by atoms with Crippen LogP contribution in [0.15, 0.2) is 60.7 Å². The van der Waals surface area contributed by atoms with Crippen LogP contribution in [-0.2, 0) is 6.42 Å². The number of halogens is 1. The Morgan fingerprint density at radius 1 is 1.00 bits per heavy atom. The van der Waals surface area contributed by atoms with E-state index in [4.69, 9.17) is 11.6 Å². The SMILES string of the molecule is CCCCc1ccc(-n2nc3ccc(NC(=O)c4ccc(C)c(Cl)c4)cc3n2)cc1. The molecule has 0 bridgehead atoms. The highest BCUT2D eigenvalue weighted by atomic mass is 35.5. The van der Waals surface area contributed by atoms with Gasteiger partial charge in [0.2, 0.25) is 0 Å². The molecule has 5 nitrogen and oxygen atoms in total. The van der Waals surface area contributed by atoms with Crippen molar-refractivity contribution in [2.24, 2.45) is 0 Å². The van der Waals surface area contributed by atoms with Gasteiger partial charge in [-0.25, -0.2) is 0 Å². The molecule has 4 aromatic rings. The summed E-state index contributed by atoms with van der Waals surface area (Å²) >= 11 is 6.13. The first-order chi connectivity index (χ1) is 14.5. The van der Waals surface area contributed by atoms with Crippen molar-refractivity contribution in [2.75, 3.05) is 5.32 Å². The number of hydrogen-bond donors (Lipinski definition) is 1. The fourth-order valence-electron chi connectivity index (χ4n) is 3.22. The van der Waals surface area contributed by atoms with E-state index in [1.807, 2.05) is 43.3 Å². The molecule has 6 heteroatoms. The van der Waals surface area contributed by atoms with Crippen LogP contribution < -0.4 is 5.32 Å². The first kappa shape index (κ1) is 20.1. The van der Waals surface area contributed by atoms with Gasteiger partial charge in [0.05, 0.1) is 5.69 Å². The van der Waals surface area contributed by atoms with Crippen molar-refractivity contribution in [3.63, 3.8) is 0 Å². The van der Waals surface area contributed by atoms with Gasteiger partial charge in [0.15, 0.2) is 0 Å². The van der Waals surface area contributed by atoms with Gasteiger partial charge in [-0.2, -0.15) is 4.80 Å². The fourth-order valence-corrected chi connectivity index (χ4v) is 3.40. The Morgan fingerprint density at radius 3 is 2.50 bits per heavy atom. The number of unbranched alkanes of at least 4 members (excludes halogenated alkanes) is 1. The molecule has 3 aromatic carbocycles. The predicted molar refractivity (Wildman–Crippen MR) is 122 cm³/mol. The van der Waals surface area contributed by atoms with Crippen molar-refractivity contribution in [2.45, 2.75) is 33.1 Å². The zero-order chi connectivity index (χ0) is 21.1. The molecule has 152 valence electrons. The minimum absolute atomic E-state index is 0.216. The van der Waals surface area contributed by atoms with E-state index >= 15 is 0 Å². The molecule has 0 saturated heterocycles. The van der Waals surface area contributed by atoms with Crippen molar-refractivity contribution < 1.29 is 4.79 Å². The zero-order valence-corrected chi connectivity index (χ0v) is 17.8. The van der Waals surface area contributed by atoms with E-state index in [2.05, 4.69) is 34.6 Å². The Hall–Kier alpha value is -3.18. The number of anilines is 1. The first-order valence-electron chi connectivity index (χ1n) is 10.1. The Balaban J connectivity index is 1.53. The number of nitrogens with zero attached hydrogens (tertiary/aromatic N) is 3. The van der Waals surface area contributed by atoms with E-state index in [1.165, 1.54) is 18.4 Å². The molecule has 1 aromatic heterocycles. The highest BCUT2D eigenvalue weighted by molar-refractivity contribution is 6.31. The smallest absolute Gasteiger partial charge is 0.255 e. The number of fused-ring (bicyclic) bond motifs is 1. The van der Waals surface area contributed by atoms with Crippen LogP contribution in [0.1, 0.15) is 41.3 Å². The summed E-state index contributed by atoms with van der Waals surface area (Å²) < 4.78 is 0. The molecule has 0 atom stereocenters. The third-order valence-electron chi connectivity index (χ3n) is 5.06. The number of amides is 1. The molecule has 0 aliphatic carbocycles. The number of rotatable bonds is 6. The summed E-state index contributed by atoms with van der Waals surface area (Å²) in [6, 6.07) is 19.1. The Morgan fingerprint density at radius 2 is 1.77 bits per heavy atom. The van der Waals surface area contributed by atoms with Crippen molar-refractivity contribution in [3.8, 4) is 5.69 Å². The van der Waals surface area contributed by atoms with Gasteiger partial charge in [-0.15, -0.1) is 10.2 Å². The molecule has 0 fully saturated rings. The van der Waals surface area contributed by atoms with Gasteiger partial charge < -0.3 is 5.32 Å². The van der Waals surface area contributed by atoms with E-state index in [0.29, 0.717) is 21.8 Å². The lowest BCUT2D eigenvalue weighted by Gasteiger charge is -2.06. The summed E-state index contributed by atoms with van der Waals surface area (Å²) in [7, 11) is 0. The molecule has 0 saturated carbocycles. The molecule has 30 heavy (non-hydrogen) atoms. The molecule has 0 aliphatic heterocycles. The number of carbonyl (C=O) groups excluding carboxylic acids is 1. The number of aromatic nitrogens is 3. The summed E-state index contributed by atoms with van der Waals surface area (Å²) in [6.07, 6.45) is 3.46. The molecule has 0 aliphatic rings. The van der Waals surface area contributed by atoms with Gasteiger partial charge in [0.25, 0.3) is 5.91 Å². The van der Waals surface area contributed by atoms with Gasteiger partial charge in [0.1, 0.15) is 11.0 Å². The molecule has 1 amide bonds. The summed E-state index contributed by atoms with van der Waals surface area (Å²) in [4.78, 5) is 14.2. The maximum absolute atomic E-state index is 12.5. The Bertz CT molecular complexity index is 1200. The average Bonchev–Trinajstić information content (AvgIpc) is 3.18. The lowest BCUT2D eigenvalue weighted by atomic mass is 10.1. The molecule has 1 N–H and O–H groups in total. The monoisotopic (exact) mass is 418 g/mol. The lowest BCUT2D eigenvalue weighted by Crippen LogP contribution is -2.11. The van der Waals surface area contributed by atoms with Crippen molar-refractivity contribution >= 4 is 34.2 Å². The highest BCUT2D eigenvalue weighted by Gasteiger charge is 2.10. The van der Waals surface area contributed by atoms with Gasteiger partial charge in [-0.05, 0) is 73.4 Å². The number of carbonyl (C=O) groups is 1. The van der Waals surface area contributed by atoms with E-state index < -0.39 is 0 Å². The molecule has 0 unspecified atom stereocenters. The normalized spacial score (nSPS) is 11.0. The molecule has 0 radical (unpaired) electrons. The van der Waals surface area contributed by atoms with Crippen LogP contribution in [0.2, 0.25) is 5.02 Å². The summed E-state index contributed by atoms with van der Waals surface area (Å²) in [6.45, 7) is 4.10. The molecular weight excluding hydrogens is 396 g/mol. The van der Waals surface area contributed by atoms with Gasteiger partial charge in [-0.1, -0.05) is 43.1 Å². The third-order valence-corrected chi connectivity index (χ3v) is 5.47. The number of benzene rings is 3.